The fraction of sp³-hybridized carbons (Fsp3) is 0.0833. The van der Waals surface area contributed by atoms with Crippen LogP contribution in [0.4, 0.5) is 11.4 Å². The number of hydrogen-bond donors (Lipinski definition) is 2. The van der Waals surface area contributed by atoms with Gasteiger partial charge in [0.1, 0.15) is 5.75 Å². The number of sulfonamides is 2. The van der Waals surface area contributed by atoms with Crippen LogP contribution in [-0.2, 0) is 20.0 Å². The van der Waals surface area contributed by atoms with Crippen molar-refractivity contribution in [3.8, 4) is 5.75 Å². The molecule has 0 fully saturated rings. The third kappa shape index (κ3) is 4.94. The third-order valence-corrected chi connectivity index (χ3v) is 7.88. The first kappa shape index (κ1) is 22.6. The lowest BCUT2D eigenvalue weighted by atomic mass is 10.1. The van der Waals surface area contributed by atoms with Gasteiger partial charge in [-0.15, -0.1) is 0 Å². The average Bonchev–Trinajstić information content (AvgIpc) is 2.80. The number of fused-ring (bicyclic) bond motifs is 1. The van der Waals surface area contributed by atoms with Gasteiger partial charge >= 0.3 is 0 Å². The highest BCUT2D eigenvalue weighted by atomic mass is 32.2. The Kier molecular flexibility index (Phi) is 6.01. The van der Waals surface area contributed by atoms with Crippen LogP contribution in [0.25, 0.3) is 10.8 Å². The van der Waals surface area contributed by atoms with Crippen LogP contribution in [0.2, 0.25) is 0 Å². The van der Waals surface area contributed by atoms with Gasteiger partial charge in [0.2, 0.25) is 0 Å². The van der Waals surface area contributed by atoms with Gasteiger partial charge in [-0.2, -0.15) is 0 Å². The van der Waals surface area contributed by atoms with E-state index in [4.69, 9.17) is 4.74 Å². The van der Waals surface area contributed by atoms with Crippen molar-refractivity contribution in [2.24, 2.45) is 0 Å². The van der Waals surface area contributed by atoms with Gasteiger partial charge in [0, 0.05) is 5.69 Å². The number of nitrogens with one attached hydrogen (secondary N) is 2. The van der Waals surface area contributed by atoms with E-state index in [0.717, 1.165) is 10.8 Å². The van der Waals surface area contributed by atoms with Gasteiger partial charge < -0.3 is 4.74 Å². The number of ether oxygens (including phenoxy) is 1. The fourth-order valence-corrected chi connectivity index (χ4v) is 5.53. The molecule has 2 N–H and O–H groups in total. The first-order valence-electron chi connectivity index (χ1n) is 9.97. The lowest BCUT2D eigenvalue weighted by molar-refractivity contribution is 0.415. The number of benzene rings is 4. The van der Waals surface area contributed by atoms with Crippen molar-refractivity contribution < 1.29 is 21.6 Å². The summed E-state index contributed by atoms with van der Waals surface area (Å²) in [5.41, 5.74) is 1.12. The molecule has 0 spiro atoms. The molecule has 0 amide bonds. The first-order chi connectivity index (χ1) is 15.7. The minimum absolute atomic E-state index is 0.0693. The largest absolute Gasteiger partial charge is 0.497 e. The summed E-state index contributed by atoms with van der Waals surface area (Å²) < 4.78 is 61.9. The van der Waals surface area contributed by atoms with E-state index in [-0.39, 0.29) is 15.5 Å². The van der Waals surface area contributed by atoms with Crippen LogP contribution in [0.1, 0.15) is 5.56 Å². The van der Waals surface area contributed by atoms with Crippen molar-refractivity contribution in [3.05, 3.63) is 90.5 Å². The SMILES string of the molecule is COc1ccc(NS(=O)(=O)c2ccc(C)c(NS(=O)(=O)c3ccc4ccccc4c3)c2)cc1. The maximum atomic E-state index is 13.0. The van der Waals surface area contributed by atoms with Crippen molar-refractivity contribution in [2.75, 3.05) is 16.6 Å². The van der Waals surface area contributed by atoms with Crippen LogP contribution in [0.5, 0.6) is 5.75 Å². The van der Waals surface area contributed by atoms with E-state index in [0.29, 0.717) is 17.0 Å². The van der Waals surface area contributed by atoms with Crippen molar-refractivity contribution in [3.63, 3.8) is 0 Å². The molecule has 0 atom stereocenters. The van der Waals surface area contributed by atoms with Crippen molar-refractivity contribution in [1.29, 1.82) is 0 Å². The topological polar surface area (TPSA) is 102 Å². The Labute approximate surface area is 193 Å². The van der Waals surface area contributed by atoms with Gasteiger partial charge in [-0.05, 0) is 71.8 Å². The fourth-order valence-electron chi connectivity index (χ4n) is 3.29. The number of methoxy groups -OCH3 is 1. The molecule has 33 heavy (non-hydrogen) atoms. The van der Waals surface area contributed by atoms with Crippen molar-refractivity contribution in [1.82, 2.24) is 0 Å². The molecule has 4 aromatic carbocycles. The molecule has 4 rings (SSSR count). The average molecular weight is 483 g/mol. The Bertz CT molecular complexity index is 1530. The Hall–Kier alpha value is -3.56. The standard InChI is InChI=1S/C24H22N2O5S2/c1-17-7-13-23(32(27,28)25-20-9-11-21(31-2)12-10-20)16-24(17)26-33(29,30)22-14-8-18-5-3-4-6-19(18)15-22/h3-16,25-26H,1-2H3. The van der Waals surface area contributed by atoms with Crippen molar-refractivity contribution >= 4 is 42.2 Å². The van der Waals surface area contributed by atoms with Gasteiger partial charge in [0.15, 0.2) is 0 Å². The predicted octanol–water partition coefficient (Wildman–Crippen LogP) is 4.76. The molecule has 0 aliphatic carbocycles. The molecular weight excluding hydrogens is 460 g/mol. The maximum Gasteiger partial charge on any atom is 0.261 e. The van der Waals surface area contributed by atoms with Gasteiger partial charge in [-0.25, -0.2) is 16.8 Å². The van der Waals surface area contributed by atoms with E-state index in [1.54, 1.807) is 49.4 Å². The second kappa shape index (κ2) is 8.76. The number of rotatable bonds is 7. The van der Waals surface area contributed by atoms with Crippen LogP contribution in [0.3, 0.4) is 0 Å². The summed E-state index contributed by atoms with van der Waals surface area (Å²) in [6.07, 6.45) is 0. The monoisotopic (exact) mass is 482 g/mol. The summed E-state index contributed by atoms with van der Waals surface area (Å²) in [4.78, 5) is 0.0188. The molecule has 0 radical (unpaired) electrons. The lowest BCUT2D eigenvalue weighted by Crippen LogP contribution is -2.16. The second-order valence-electron chi connectivity index (χ2n) is 7.43. The van der Waals surface area contributed by atoms with Crippen LogP contribution < -0.4 is 14.2 Å². The van der Waals surface area contributed by atoms with Crippen LogP contribution >= 0.6 is 0 Å². The zero-order valence-corrected chi connectivity index (χ0v) is 19.6. The third-order valence-electron chi connectivity index (χ3n) is 5.14. The summed E-state index contributed by atoms with van der Waals surface area (Å²) in [5.74, 6) is 0.596. The molecule has 0 aliphatic rings. The molecular formula is C24H22N2O5S2. The molecule has 0 unspecified atom stereocenters. The second-order valence-corrected chi connectivity index (χ2v) is 10.8. The van der Waals surface area contributed by atoms with Gasteiger partial charge in [-0.3, -0.25) is 9.44 Å². The molecule has 9 heteroatoms. The highest BCUT2D eigenvalue weighted by Gasteiger charge is 2.20. The molecule has 0 saturated carbocycles. The zero-order chi connectivity index (χ0) is 23.6. The number of aryl methyl sites for hydroxylation is 1. The lowest BCUT2D eigenvalue weighted by Gasteiger charge is -2.14. The first-order valence-corrected chi connectivity index (χ1v) is 12.9. The normalized spacial score (nSPS) is 11.8. The molecule has 0 aliphatic heterocycles. The zero-order valence-electron chi connectivity index (χ0n) is 17.9. The van der Waals surface area contributed by atoms with Gasteiger partial charge in [0.05, 0.1) is 22.6 Å². The van der Waals surface area contributed by atoms with E-state index in [1.165, 1.54) is 25.3 Å². The summed E-state index contributed by atoms with van der Waals surface area (Å²) >= 11 is 0. The predicted molar refractivity (Wildman–Crippen MR) is 130 cm³/mol. The van der Waals surface area contributed by atoms with Gasteiger partial charge in [-0.1, -0.05) is 36.4 Å². The maximum absolute atomic E-state index is 13.0. The quantitative estimate of drug-likeness (QED) is 0.396. The summed E-state index contributed by atoms with van der Waals surface area (Å²) in [5, 5.41) is 1.71. The molecule has 170 valence electrons. The Morgan fingerprint density at radius 2 is 1.27 bits per heavy atom. The van der Waals surface area contributed by atoms with E-state index in [1.807, 2.05) is 24.3 Å². The molecule has 4 aromatic rings. The molecule has 0 aromatic heterocycles. The smallest absolute Gasteiger partial charge is 0.261 e. The van der Waals surface area contributed by atoms with Gasteiger partial charge in [0.25, 0.3) is 20.0 Å². The van der Waals surface area contributed by atoms with E-state index in [2.05, 4.69) is 9.44 Å². The van der Waals surface area contributed by atoms with Crippen molar-refractivity contribution in [2.45, 2.75) is 16.7 Å². The van der Waals surface area contributed by atoms with E-state index < -0.39 is 20.0 Å². The molecule has 0 saturated heterocycles. The highest BCUT2D eigenvalue weighted by molar-refractivity contribution is 7.93. The minimum Gasteiger partial charge on any atom is -0.497 e. The Morgan fingerprint density at radius 1 is 0.667 bits per heavy atom. The molecule has 0 heterocycles. The summed E-state index contributed by atoms with van der Waals surface area (Å²) in [6, 6.07) is 23.0. The van der Waals surface area contributed by atoms with Crippen LogP contribution in [-0.4, -0.2) is 23.9 Å². The Morgan fingerprint density at radius 3 is 1.97 bits per heavy atom. The molecule has 7 nitrogen and oxygen atoms in total. The van der Waals surface area contributed by atoms with Crippen LogP contribution in [0, 0.1) is 6.92 Å². The number of anilines is 2. The van der Waals surface area contributed by atoms with E-state index >= 15 is 0 Å². The van der Waals surface area contributed by atoms with E-state index in [9.17, 15) is 16.8 Å². The summed E-state index contributed by atoms with van der Waals surface area (Å²) in [7, 11) is -6.36. The van der Waals surface area contributed by atoms with Crippen LogP contribution in [0.15, 0.2) is 94.7 Å². The Balaban J connectivity index is 1.63. The highest BCUT2D eigenvalue weighted by Crippen LogP contribution is 2.26. The molecule has 0 bridgehead atoms. The minimum atomic E-state index is -3.95. The number of hydrogen-bond acceptors (Lipinski definition) is 5. The summed E-state index contributed by atoms with van der Waals surface area (Å²) in [6.45, 7) is 1.70.